The molecule has 3 heteroatoms. The summed E-state index contributed by atoms with van der Waals surface area (Å²) in [6.45, 7) is 4.27. The number of rotatable bonds is 2. The van der Waals surface area contributed by atoms with Crippen molar-refractivity contribution < 1.29 is 14.6 Å². The van der Waals surface area contributed by atoms with Crippen LogP contribution in [0, 0.1) is 11.8 Å². The van der Waals surface area contributed by atoms with Crippen molar-refractivity contribution in [1.29, 1.82) is 0 Å². The third-order valence-electron chi connectivity index (χ3n) is 2.73. The van der Waals surface area contributed by atoms with Crippen LogP contribution in [0.15, 0.2) is 0 Å². The van der Waals surface area contributed by atoms with Gasteiger partial charge in [0.05, 0.1) is 18.6 Å². The van der Waals surface area contributed by atoms with Gasteiger partial charge in [-0.05, 0) is 32.1 Å². The van der Waals surface area contributed by atoms with E-state index in [2.05, 4.69) is 0 Å². The highest BCUT2D eigenvalue weighted by Crippen LogP contribution is 2.30. The highest BCUT2D eigenvalue weighted by molar-refractivity contribution is 5.72. The van der Waals surface area contributed by atoms with Gasteiger partial charge in [-0.1, -0.05) is 6.92 Å². The molecule has 0 aromatic rings. The first-order chi connectivity index (χ1) is 6.15. The predicted octanol–water partition coefficient (Wildman–Crippen LogP) is 1.35. The van der Waals surface area contributed by atoms with Crippen molar-refractivity contribution in [3.63, 3.8) is 0 Å². The van der Waals surface area contributed by atoms with Gasteiger partial charge < -0.3 is 9.84 Å². The molecule has 0 spiro atoms. The maximum Gasteiger partial charge on any atom is 0.309 e. The number of aliphatic hydroxyl groups excluding tert-OH is 1. The average Bonchev–Trinajstić information content (AvgIpc) is 2.04. The molecule has 0 radical (unpaired) electrons. The molecule has 1 aliphatic carbocycles. The normalized spacial score (nSPS) is 34.2. The molecule has 1 rings (SSSR count). The molecule has 76 valence electrons. The van der Waals surface area contributed by atoms with E-state index in [0.29, 0.717) is 6.61 Å². The zero-order valence-corrected chi connectivity index (χ0v) is 8.32. The summed E-state index contributed by atoms with van der Waals surface area (Å²) < 4.78 is 4.97. The molecular weight excluding hydrogens is 168 g/mol. The van der Waals surface area contributed by atoms with Crippen molar-refractivity contribution in [2.45, 2.75) is 39.2 Å². The topological polar surface area (TPSA) is 46.5 Å². The molecule has 3 atom stereocenters. The van der Waals surface area contributed by atoms with E-state index in [1.807, 2.05) is 13.8 Å². The zero-order valence-electron chi connectivity index (χ0n) is 8.32. The summed E-state index contributed by atoms with van der Waals surface area (Å²) in [5.74, 6) is 0.160. The largest absolute Gasteiger partial charge is 0.466 e. The maximum absolute atomic E-state index is 11.4. The van der Waals surface area contributed by atoms with E-state index >= 15 is 0 Å². The number of carbonyl (C=O) groups is 1. The Hall–Kier alpha value is -0.570. The van der Waals surface area contributed by atoms with E-state index in [-0.39, 0.29) is 23.9 Å². The van der Waals surface area contributed by atoms with Gasteiger partial charge in [-0.3, -0.25) is 4.79 Å². The highest BCUT2D eigenvalue weighted by Gasteiger charge is 2.32. The molecule has 0 aromatic heterocycles. The molecule has 0 amide bonds. The number of aliphatic hydroxyl groups is 1. The van der Waals surface area contributed by atoms with Crippen molar-refractivity contribution in [2.24, 2.45) is 11.8 Å². The lowest BCUT2D eigenvalue weighted by Crippen LogP contribution is -2.32. The Bertz CT molecular complexity index is 179. The fraction of sp³-hybridized carbons (Fsp3) is 0.900. The average molecular weight is 186 g/mol. The second kappa shape index (κ2) is 4.61. The van der Waals surface area contributed by atoms with Crippen molar-refractivity contribution in [1.82, 2.24) is 0 Å². The van der Waals surface area contributed by atoms with Crippen LogP contribution in [0.25, 0.3) is 0 Å². The second-order valence-corrected chi connectivity index (χ2v) is 3.80. The standard InChI is InChI=1S/C10H18O3/c1-3-13-10(12)9-5-4-8(11)6-7(9)2/h7-9,11H,3-6H2,1-2H3/t7-,8?,9+/m1/s1. The molecule has 1 fully saturated rings. The van der Waals surface area contributed by atoms with Crippen LogP contribution in [0.3, 0.4) is 0 Å². The van der Waals surface area contributed by atoms with E-state index in [4.69, 9.17) is 4.74 Å². The molecule has 1 unspecified atom stereocenters. The molecule has 0 heterocycles. The van der Waals surface area contributed by atoms with Gasteiger partial charge in [-0.15, -0.1) is 0 Å². The molecule has 1 aliphatic rings. The fourth-order valence-electron chi connectivity index (χ4n) is 1.97. The van der Waals surface area contributed by atoms with E-state index in [1.165, 1.54) is 0 Å². The Morgan fingerprint density at radius 1 is 1.54 bits per heavy atom. The summed E-state index contributed by atoms with van der Waals surface area (Å²) in [7, 11) is 0. The van der Waals surface area contributed by atoms with Gasteiger partial charge in [0, 0.05) is 0 Å². The number of carbonyl (C=O) groups excluding carboxylic acids is 1. The first kappa shape index (κ1) is 10.5. The summed E-state index contributed by atoms with van der Waals surface area (Å²) in [6.07, 6.45) is 2.00. The van der Waals surface area contributed by atoms with E-state index in [0.717, 1.165) is 19.3 Å². The van der Waals surface area contributed by atoms with Crippen LogP contribution in [0.4, 0.5) is 0 Å². The van der Waals surface area contributed by atoms with Gasteiger partial charge in [0.25, 0.3) is 0 Å². The van der Waals surface area contributed by atoms with Crippen molar-refractivity contribution >= 4 is 5.97 Å². The van der Waals surface area contributed by atoms with Gasteiger partial charge in [-0.25, -0.2) is 0 Å². The Balaban J connectivity index is 2.45. The number of ether oxygens (including phenoxy) is 1. The van der Waals surface area contributed by atoms with Crippen molar-refractivity contribution in [2.75, 3.05) is 6.61 Å². The maximum atomic E-state index is 11.4. The third-order valence-corrected chi connectivity index (χ3v) is 2.73. The molecule has 0 bridgehead atoms. The lowest BCUT2D eigenvalue weighted by atomic mass is 9.79. The third kappa shape index (κ3) is 2.69. The number of hydrogen-bond acceptors (Lipinski definition) is 3. The highest BCUT2D eigenvalue weighted by atomic mass is 16.5. The van der Waals surface area contributed by atoms with Gasteiger partial charge in [0.2, 0.25) is 0 Å². The van der Waals surface area contributed by atoms with Crippen LogP contribution in [-0.4, -0.2) is 23.8 Å². The van der Waals surface area contributed by atoms with Crippen LogP contribution in [0.2, 0.25) is 0 Å². The predicted molar refractivity (Wildman–Crippen MR) is 49.1 cm³/mol. The second-order valence-electron chi connectivity index (χ2n) is 3.80. The summed E-state index contributed by atoms with van der Waals surface area (Å²) in [4.78, 5) is 11.4. The van der Waals surface area contributed by atoms with Crippen LogP contribution in [0.1, 0.15) is 33.1 Å². The lowest BCUT2D eigenvalue weighted by molar-refractivity contribution is -0.152. The van der Waals surface area contributed by atoms with E-state index in [1.54, 1.807) is 0 Å². The molecule has 0 aliphatic heterocycles. The summed E-state index contributed by atoms with van der Waals surface area (Å²) in [5.41, 5.74) is 0. The number of esters is 1. The SMILES string of the molecule is CCOC(=O)[C@H]1CCC(O)C[C@H]1C. The molecular formula is C10H18O3. The van der Waals surface area contributed by atoms with Crippen LogP contribution >= 0.6 is 0 Å². The van der Waals surface area contributed by atoms with Crippen LogP contribution in [-0.2, 0) is 9.53 Å². The quantitative estimate of drug-likeness (QED) is 0.662. The van der Waals surface area contributed by atoms with Crippen molar-refractivity contribution in [3.8, 4) is 0 Å². The first-order valence-corrected chi connectivity index (χ1v) is 4.99. The first-order valence-electron chi connectivity index (χ1n) is 4.99. The number of hydrogen-bond donors (Lipinski definition) is 1. The van der Waals surface area contributed by atoms with Gasteiger partial charge >= 0.3 is 5.97 Å². The Kier molecular flexibility index (Phi) is 3.72. The zero-order chi connectivity index (χ0) is 9.84. The van der Waals surface area contributed by atoms with Gasteiger partial charge in [0.15, 0.2) is 0 Å². The summed E-state index contributed by atoms with van der Waals surface area (Å²) in [6, 6.07) is 0. The fourth-order valence-corrected chi connectivity index (χ4v) is 1.97. The minimum atomic E-state index is -0.222. The minimum Gasteiger partial charge on any atom is -0.466 e. The molecule has 1 saturated carbocycles. The summed E-state index contributed by atoms with van der Waals surface area (Å²) in [5, 5.41) is 9.36. The van der Waals surface area contributed by atoms with E-state index < -0.39 is 0 Å². The minimum absolute atomic E-state index is 0.00310. The van der Waals surface area contributed by atoms with Gasteiger partial charge in [-0.2, -0.15) is 0 Å². The molecule has 3 nitrogen and oxygen atoms in total. The Morgan fingerprint density at radius 2 is 2.23 bits per heavy atom. The Morgan fingerprint density at radius 3 is 2.77 bits per heavy atom. The molecule has 1 N–H and O–H groups in total. The van der Waals surface area contributed by atoms with Crippen LogP contribution < -0.4 is 0 Å². The van der Waals surface area contributed by atoms with Gasteiger partial charge in [0.1, 0.15) is 0 Å². The Labute approximate surface area is 79.1 Å². The summed E-state index contributed by atoms with van der Waals surface area (Å²) >= 11 is 0. The molecule has 0 aromatic carbocycles. The molecule has 13 heavy (non-hydrogen) atoms. The van der Waals surface area contributed by atoms with Crippen LogP contribution in [0.5, 0.6) is 0 Å². The lowest BCUT2D eigenvalue weighted by Gasteiger charge is -2.29. The van der Waals surface area contributed by atoms with Crippen molar-refractivity contribution in [3.05, 3.63) is 0 Å². The smallest absolute Gasteiger partial charge is 0.309 e. The van der Waals surface area contributed by atoms with E-state index in [9.17, 15) is 9.90 Å². The molecule has 0 saturated heterocycles. The monoisotopic (exact) mass is 186 g/mol.